The van der Waals surface area contributed by atoms with Crippen molar-refractivity contribution in [2.24, 2.45) is 17.8 Å². The topological polar surface area (TPSA) is 98.0 Å². The molecule has 9 heteroatoms. The molecule has 0 spiro atoms. The number of carbonyl (C=O) groups is 3. The van der Waals surface area contributed by atoms with E-state index in [-0.39, 0.29) is 41.6 Å². The first kappa shape index (κ1) is 26.7. The lowest BCUT2D eigenvalue weighted by molar-refractivity contribution is -0.174. The van der Waals surface area contributed by atoms with Gasteiger partial charge >= 0.3 is 0 Å². The molecule has 6 unspecified atom stereocenters. The van der Waals surface area contributed by atoms with Gasteiger partial charge < -0.3 is 19.9 Å². The van der Waals surface area contributed by atoms with Gasteiger partial charge in [0, 0.05) is 42.1 Å². The summed E-state index contributed by atoms with van der Waals surface area (Å²) in [5, 5.41) is 4.37. The van der Waals surface area contributed by atoms with E-state index in [0.717, 1.165) is 36.8 Å². The van der Waals surface area contributed by atoms with Crippen LogP contribution >= 0.6 is 0 Å². The molecule has 5 aliphatic rings. The predicted molar refractivity (Wildman–Crippen MR) is 155 cm³/mol. The van der Waals surface area contributed by atoms with E-state index in [4.69, 9.17) is 4.74 Å². The molecule has 3 fully saturated rings. The second-order valence-electron chi connectivity index (χ2n) is 13.1. The molecule has 2 N–H and O–H groups in total. The summed E-state index contributed by atoms with van der Waals surface area (Å²) >= 11 is 0. The number of nitrogens with one attached hydrogen (secondary N) is 2. The Labute approximate surface area is 241 Å². The van der Waals surface area contributed by atoms with E-state index in [1.165, 1.54) is 16.5 Å². The summed E-state index contributed by atoms with van der Waals surface area (Å²) in [7, 11) is 2.07. The molecule has 5 heterocycles. The average molecular weight is 560 g/mol. The number of carbonyl (C=O) groups excluding carboxylic acids is 3. The van der Waals surface area contributed by atoms with E-state index in [1.54, 1.807) is 4.90 Å². The number of benzene rings is 1. The lowest BCUT2D eigenvalue weighted by Crippen LogP contribution is -2.66. The molecule has 0 radical (unpaired) electrons. The van der Waals surface area contributed by atoms with Crippen molar-refractivity contribution >= 4 is 34.2 Å². The molecule has 7 rings (SSSR count). The Morgan fingerprint density at radius 3 is 2.80 bits per heavy atom. The highest BCUT2D eigenvalue weighted by atomic mass is 16.6. The van der Waals surface area contributed by atoms with Gasteiger partial charge in [-0.15, -0.1) is 0 Å². The van der Waals surface area contributed by atoms with Crippen LogP contribution in [0.25, 0.3) is 16.5 Å². The first-order valence-electron chi connectivity index (χ1n) is 15.3. The number of aromatic nitrogens is 1. The standard InChI is InChI=1S/C32H41N5O4/c1-6-18(4)27-29(39)36-12-8-11-24(36)30-37(27)31(40)32(41-30,17(2)3)34-28(38)20-13-22-21-9-7-10-23-26(21)19(15-33-23)14-25(22)35(5)16-20/h7,9-10,13,15,17-18,20,24-25,27,30,33H,6,8,11-12,14,16H2,1-5H3,(H,34,38)/t18?,20?,24?,25?,27-,30?,32?/m0/s1. The minimum absolute atomic E-state index is 0.0150. The summed E-state index contributed by atoms with van der Waals surface area (Å²) in [5.41, 5.74) is 3.23. The zero-order valence-corrected chi connectivity index (χ0v) is 24.6. The van der Waals surface area contributed by atoms with Gasteiger partial charge in [0.15, 0.2) is 6.23 Å². The third-order valence-corrected chi connectivity index (χ3v) is 10.5. The van der Waals surface area contributed by atoms with Crippen LogP contribution in [-0.2, 0) is 25.5 Å². The fourth-order valence-electron chi connectivity index (χ4n) is 8.05. The van der Waals surface area contributed by atoms with E-state index in [0.29, 0.717) is 13.1 Å². The number of ether oxygens (including phenoxy) is 1. The number of fused-ring (bicyclic) bond motifs is 5. The molecule has 7 atom stereocenters. The SMILES string of the molecule is CCC(C)[C@H]1C(=O)N2CCCC2C2OC(NC(=O)C3C=C4c5cccc6[nH]cc(c56)CC4N(C)C3)(C(C)C)C(=O)N21. The van der Waals surface area contributed by atoms with Crippen molar-refractivity contribution in [2.75, 3.05) is 20.1 Å². The number of hydrogen-bond donors (Lipinski definition) is 2. The van der Waals surface area contributed by atoms with Crippen LogP contribution in [0.15, 0.2) is 30.5 Å². The third kappa shape index (κ3) is 3.70. The molecule has 1 aromatic heterocycles. The molecule has 3 saturated heterocycles. The summed E-state index contributed by atoms with van der Waals surface area (Å²) < 4.78 is 6.70. The highest BCUT2D eigenvalue weighted by Gasteiger charge is 2.65. The highest BCUT2D eigenvalue weighted by molar-refractivity contribution is 6.01. The van der Waals surface area contributed by atoms with Crippen LogP contribution in [0.4, 0.5) is 0 Å². The van der Waals surface area contributed by atoms with Crippen molar-refractivity contribution in [3.63, 3.8) is 0 Å². The quantitative estimate of drug-likeness (QED) is 0.587. The molecule has 1 aliphatic carbocycles. The number of rotatable bonds is 5. The Morgan fingerprint density at radius 2 is 2.05 bits per heavy atom. The molecule has 218 valence electrons. The van der Waals surface area contributed by atoms with Gasteiger partial charge in [-0.25, -0.2) is 0 Å². The summed E-state index contributed by atoms with van der Waals surface area (Å²) in [5.74, 6) is -1.27. The Hall–Kier alpha value is -3.17. The summed E-state index contributed by atoms with van der Waals surface area (Å²) in [6.45, 7) is 9.15. The molecule has 41 heavy (non-hydrogen) atoms. The summed E-state index contributed by atoms with van der Waals surface area (Å²) in [6.07, 6.45) is 7.01. The van der Waals surface area contributed by atoms with Gasteiger partial charge in [0.25, 0.3) is 5.91 Å². The first-order valence-corrected chi connectivity index (χ1v) is 15.3. The van der Waals surface area contributed by atoms with E-state index in [2.05, 4.69) is 52.7 Å². The van der Waals surface area contributed by atoms with Gasteiger partial charge in [-0.3, -0.25) is 24.2 Å². The lowest BCUT2D eigenvalue weighted by atomic mass is 9.79. The molecule has 2 aromatic rings. The van der Waals surface area contributed by atoms with Crippen LogP contribution in [0.3, 0.4) is 0 Å². The number of piperazine rings is 1. The molecule has 9 nitrogen and oxygen atoms in total. The summed E-state index contributed by atoms with van der Waals surface area (Å²) in [6, 6.07) is 5.73. The van der Waals surface area contributed by atoms with E-state index < -0.39 is 23.9 Å². The molecule has 0 saturated carbocycles. The van der Waals surface area contributed by atoms with Crippen LogP contribution in [0.2, 0.25) is 0 Å². The third-order valence-electron chi connectivity index (χ3n) is 10.5. The van der Waals surface area contributed by atoms with Crippen LogP contribution in [-0.4, -0.2) is 87.6 Å². The van der Waals surface area contributed by atoms with Crippen LogP contribution < -0.4 is 5.32 Å². The minimum Gasteiger partial charge on any atom is -0.361 e. The number of hydrogen-bond acceptors (Lipinski definition) is 5. The van der Waals surface area contributed by atoms with Gasteiger partial charge in [0.2, 0.25) is 17.5 Å². The van der Waals surface area contributed by atoms with Crippen LogP contribution in [0.5, 0.6) is 0 Å². The lowest BCUT2D eigenvalue weighted by Gasteiger charge is -2.46. The molecule has 3 amide bonds. The predicted octanol–water partition coefficient (Wildman–Crippen LogP) is 3.11. The van der Waals surface area contributed by atoms with Gasteiger partial charge in [-0.1, -0.05) is 52.3 Å². The fraction of sp³-hybridized carbons (Fsp3) is 0.594. The second kappa shape index (κ2) is 9.42. The van der Waals surface area contributed by atoms with Crippen LogP contribution in [0, 0.1) is 17.8 Å². The van der Waals surface area contributed by atoms with Crippen LogP contribution in [0.1, 0.15) is 58.1 Å². The average Bonchev–Trinajstić information content (AvgIpc) is 3.68. The molecular formula is C32H41N5O4. The van der Waals surface area contributed by atoms with Crippen molar-refractivity contribution < 1.29 is 19.1 Å². The molecule has 4 aliphatic heterocycles. The zero-order valence-electron chi connectivity index (χ0n) is 24.6. The summed E-state index contributed by atoms with van der Waals surface area (Å²) in [4.78, 5) is 51.4. The Kier molecular flexibility index (Phi) is 6.14. The maximum atomic E-state index is 14.4. The number of aromatic amines is 1. The van der Waals surface area contributed by atoms with E-state index >= 15 is 0 Å². The Bertz CT molecular complexity index is 1460. The molecule has 1 aromatic carbocycles. The normalized spacial score (nSPS) is 33.6. The number of amides is 3. The monoisotopic (exact) mass is 559 g/mol. The molecular weight excluding hydrogens is 518 g/mol. The largest absolute Gasteiger partial charge is 0.361 e. The number of likely N-dealkylation sites (N-methyl/N-ethyl adjacent to an activating group) is 1. The molecule has 0 bridgehead atoms. The van der Waals surface area contributed by atoms with Crippen molar-refractivity contribution in [1.29, 1.82) is 0 Å². The van der Waals surface area contributed by atoms with Crippen molar-refractivity contribution in [3.05, 3.63) is 41.6 Å². The maximum Gasteiger partial charge on any atom is 0.279 e. The first-order chi connectivity index (χ1) is 19.7. The van der Waals surface area contributed by atoms with Gasteiger partial charge in [-0.05, 0) is 55.0 Å². The smallest absolute Gasteiger partial charge is 0.279 e. The maximum absolute atomic E-state index is 14.4. The van der Waals surface area contributed by atoms with Gasteiger partial charge in [0.1, 0.15) is 6.04 Å². The van der Waals surface area contributed by atoms with Crippen molar-refractivity contribution in [1.82, 2.24) is 25.0 Å². The zero-order chi connectivity index (χ0) is 28.8. The fourth-order valence-corrected chi connectivity index (χ4v) is 8.05. The van der Waals surface area contributed by atoms with E-state index in [9.17, 15) is 14.4 Å². The Morgan fingerprint density at radius 1 is 1.24 bits per heavy atom. The second-order valence-corrected chi connectivity index (χ2v) is 13.1. The number of H-pyrrole nitrogens is 1. The highest BCUT2D eigenvalue weighted by Crippen LogP contribution is 2.45. The van der Waals surface area contributed by atoms with Gasteiger partial charge in [-0.2, -0.15) is 0 Å². The van der Waals surface area contributed by atoms with Crippen molar-refractivity contribution in [2.45, 2.75) is 83.5 Å². The van der Waals surface area contributed by atoms with Gasteiger partial charge in [0.05, 0.1) is 12.0 Å². The van der Waals surface area contributed by atoms with E-state index in [1.807, 2.05) is 32.6 Å². The Balaban J connectivity index is 1.23. The van der Waals surface area contributed by atoms with Crippen molar-refractivity contribution in [3.8, 4) is 0 Å². The minimum atomic E-state index is -1.51. The number of nitrogens with zero attached hydrogens (tertiary/aromatic N) is 3.